The van der Waals surface area contributed by atoms with Crippen LogP contribution in [0.5, 0.6) is 5.75 Å². The van der Waals surface area contributed by atoms with Gasteiger partial charge in [-0.1, -0.05) is 31.4 Å². The van der Waals surface area contributed by atoms with Crippen LogP contribution in [0.4, 0.5) is 0 Å². The van der Waals surface area contributed by atoms with Crippen LogP contribution in [0.25, 0.3) is 0 Å². The molecule has 0 bridgehead atoms. The topological polar surface area (TPSA) is 45.5 Å². The molecule has 4 heteroatoms. The zero-order valence-electron chi connectivity index (χ0n) is 15.4. The molecule has 1 heterocycles. The summed E-state index contributed by atoms with van der Waals surface area (Å²) in [6.45, 7) is 3.97. The van der Waals surface area contributed by atoms with Gasteiger partial charge in [-0.2, -0.15) is 5.26 Å². The van der Waals surface area contributed by atoms with Gasteiger partial charge in [0.05, 0.1) is 24.2 Å². The Morgan fingerprint density at radius 1 is 1.20 bits per heavy atom. The summed E-state index contributed by atoms with van der Waals surface area (Å²) in [7, 11) is 1.80. The molecule has 0 aromatic heterocycles. The van der Waals surface area contributed by atoms with Gasteiger partial charge in [0.15, 0.2) is 0 Å². The van der Waals surface area contributed by atoms with Crippen LogP contribution in [-0.4, -0.2) is 44.4 Å². The van der Waals surface area contributed by atoms with Gasteiger partial charge >= 0.3 is 0 Å². The Morgan fingerprint density at radius 2 is 1.96 bits per heavy atom. The van der Waals surface area contributed by atoms with Crippen molar-refractivity contribution in [3.63, 3.8) is 0 Å². The first-order chi connectivity index (χ1) is 12.3. The third-order valence-corrected chi connectivity index (χ3v) is 5.78. The average molecular weight is 342 g/mol. The van der Waals surface area contributed by atoms with Crippen molar-refractivity contribution in [3.05, 3.63) is 29.8 Å². The van der Waals surface area contributed by atoms with Gasteiger partial charge in [-0.25, -0.2) is 0 Å². The zero-order valence-corrected chi connectivity index (χ0v) is 15.4. The van der Waals surface area contributed by atoms with Crippen molar-refractivity contribution in [2.45, 2.75) is 56.5 Å². The second-order valence-electron chi connectivity index (χ2n) is 7.43. The van der Waals surface area contributed by atoms with Crippen molar-refractivity contribution in [2.24, 2.45) is 0 Å². The molecular weight excluding hydrogens is 312 g/mol. The second-order valence-corrected chi connectivity index (χ2v) is 7.43. The highest BCUT2D eigenvalue weighted by Crippen LogP contribution is 2.39. The number of likely N-dealkylation sites (tertiary alicyclic amines) is 1. The molecule has 4 nitrogen and oxygen atoms in total. The van der Waals surface area contributed by atoms with E-state index in [1.807, 2.05) is 12.1 Å². The molecule has 1 aromatic rings. The van der Waals surface area contributed by atoms with E-state index in [2.05, 4.69) is 23.1 Å². The van der Waals surface area contributed by atoms with Crippen LogP contribution in [0.2, 0.25) is 0 Å². The number of hydrogen-bond acceptors (Lipinski definition) is 4. The number of benzene rings is 1. The average Bonchev–Trinajstić information content (AvgIpc) is 3.14. The Morgan fingerprint density at radius 3 is 2.60 bits per heavy atom. The summed E-state index contributed by atoms with van der Waals surface area (Å²) < 4.78 is 11.3. The smallest absolute Gasteiger partial charge is 0.119 e. The lowest BCUT2D eigenvalue weighted by molar-refractivity contribution is 0.107. The molecule has 1 atom stereocenters. The van der Waals surface area contributed by atoms with E-state index in [1.165, 1.54) is 6.42 Å². The highest BCUT2D eigenvalue weighted by atomic mass is 16.5. The summed E-state index contributed by atoms with van der Waals surface area (Å²) in [5.41, 5.74) is 0.884. The summed E-state index contributed by atoms with van der Waals surface area (Å²) in [5, 5.41) is 9.68. The van der Waals surface area contributed by atoms with Crippen molar-refractivity contribution in [1.29, 1.82) is 5.26 Å². The minimum Gasteiger partial charge on any atom is -0.494 e. The summed E-state index contributed by atoms with van der Waals surface area (Å²) in [5.74, 6) is 0.906. The lowest BCUT2D eigenvalue weighted by atomic mass is 9.70. The van der Waals surface area contributed by atoms with Gasteiger partial charge in [0.2, 0.25) is 0 Å². The van der Waals surface area contributed by atoms with Crippen LogP contribution in [0.15, 0.2) is 24.3 Å². The van der Waals surface area contributed by atoms with Crippen molar-refractivity contribution in [3.8, 4) is 11.8 Å². The highest BCUT2D eigenvalue weighted by Gasteiger charge is 2.33. The Balaban J connectivity index is 1.44. The highest BCUT2D eigenvalue weighted by molar-refractivity contribution is 5.37. The molecule has 0 unspecified atom stereocenters. The summed E-state index contributed by atoms with van der Waals surface area (Å²) >= 11 is 0. The van der Waals surface area contributed by atoms with Crippen molar-refractivity contribution >= 4 is 0 Å². The van der Waals surface area contributed by atoms with E-state index >= 15 is 0 Å². The van der Waals surface area contributed by atoms with Gasteiger partial charge in [0, 0.05) is 26.7 Å². The molecule has 0 spiro atoms. The Hall–Kier alpha value is -1.57. The summed E-state index contributed by atoms with van der Waals surface area (Å²) in [4.78, 5) is 2.44. The first-order valence-corrected chi connectivity index (χ1v) is 9.65. The molecule has 1 aromatic carbocycles. The molecule has 0 radical (unpaired) electrons. The van der Waals surface area contributed by atoms with E-state index in [-0.39, 0.29) is 5.41 Å². The van der Waals surface area contributed by atoms with E-state index < -0.39 is 0 Å². The molecule has 1 saturated heterocycles. The van der Waals surface area contributed by atoms with E-state index in [0.29, 0.717) is 6.10 Å². The van der Waals surface area contributed by atoms with Crippen LogP contribution in [-0.2, 0) is 10.2 Å². The van der Waals surface area contributed by atoms with Crippen LogP contribution < -0.4 is 4.74 Å². The van der Waals surface area contributed by atoms with Gasteiger partial charge in [-0.15, -0.1) is 0 Å². The predicted octanol–water partition coefficient (Wildman–Crippen LogP) is 3.90. The van der Waals surface area contributed by atoms with Crippen molar-refractivity contribution in [2.75, 3.05) is 33.4 Å². The minimum absolute atomic E-state index is 0.273. The fourth-order valence-corrected chi connectivity index (χ4v) is 4.16. The van der Waals surface area contributed by atoms with Gasteiger partial charge in [0.1, 0.15) is 5.75 Å². The van der Waals surface area contributed by atoms with E-state index in [1.54, 1.807) is 7.11 Å². The SMILES string of the molecule is CO[C@@H]1CCN(CCCOc2ccc(C3(C#N)CCCCC3)cc2)C1. The molecule has 2 aliphatic rings. The third-order valence-electron chi connectivity index (χ3n) is 5.78. The largest absolute Gasteiger partial charge is 0.494 e. The fraction of sp³-hybridized carbons (Fsp3) is 0.667. The molecule has 0 amide bonds. The van der Waals surface area contributed by atoms with Gasteiger partial charge in [0.25, 0.3) is 0 Å². The molecule has 1 aliphatic carbocycles. The van der Waals surface area contributed by atoms with Gasteiger partial charge in [-0.05, 0) is 43.4 Å². The first-order valence-electron chi connectivity index (χ1n) is 9.65. The zero-order chi connectivity index (χ0) is 17.5. The molecule has 2 fully saturated rings. The number of methoxy groups -OCH3 is 1. The maximum absolute atomic E-state index is 9.68. The lowest BCUT2D eigenvalue weighted by Gasteiger charge is -2.31. The summed E-state index contributed by atoms with van der Waals surface area (Å²) in [6, 6.07) is 10.8. The van der Waals surface area contributed by atoms with E-state index in [4.69, 9.17) is 9.47 Å². The third kappa shape index (κ3) is 4.54. The van der Waals surface area contributed by atoms with Crippen molar-refractivity contribution in [1.82, 2.24) is 4.90 Å². The second kappa shape index (κ2) is 8.69. The first kappa shape index (κ1) is 18.2. The maximum Gasteiger partial charge on any atom is 0.119 e. The standard InChI is InChI=1S/C21H30N2O2/c1-24-20-10-14-23(16-20)13-5-15-25-19-8-6-18(7-9-19)21(17-22)11-3-2-4-12-21/h6-9,20H,2-5,10-16H2,1H3/t20-/m1/s1. The molecule has 136 valence electrons. The Labute approximate surface area is 151 Å². The van der Waals surface area contributed by atoms with Crippen LogP contribution >= 0.6 is 0 Å². The molecule has 3 rings (SSSR count). The molecule has 1 aliphatic heterocycles. The quantitative estimate of drug-likeness (QED) is 0.705. The minimum atomic E-state index is -0.273. The van der Waals surface area contributed by atoms with E-state index in [9.17, 15) is 5.26 Å². The predicted molar refractivity (Wildman–Crippen MR) is 98.8 cm³/mol. The lowest BCUT2D eigenvalue weighted by Crippen LogP contribution is -2.27. The fourth-order valence-electron chi connectivity index (χ4n) is 4.16. The molecule has 1 saturated carbocycles. The number of nitrogens with zero attached hydrogens (tertiary/aromatic N) is 2. The normalized spacial score (nSPS) is 23.3. The van der Waals surface area contributed by atoms with Crippen LogP contribution in [0.1, 0.15) is 50.5 Å². The number of rotatable bonds is 7. The Kier molecular flexibility index (Phi) is 6.34. The van der Waals surface area contributed by atoms with E-state index in [0.717, 1.165) is 76.1 Å². The number of ether oxygens (including phenoxy) is 2. The molecular formula is C21H30N2O2. The number of hydrogen-bond donors (Lipinski definition) is 0. The number of nitriles is 1. The maximum atomic E-state index is 9.68. The van der Waals surface area contributed by atoms with Crippen molar-refractivity contribution < 1.29 is 9.47 Å². The monoisotopic (exact) mass is 342 g/mol. The van der Waals surface area contributed by atoms with Gasteiger partial charge in [-0.3, -0.25) is 0 Å². The molecule has 25 heavy (non-hydrogen) atoms. The van der Waals surface area contributed by atoms with Crippen LogP contribution in [0.3, 0.4) is 0 Å². The van der Waals surface area contributed by atoms with Gasteiger partial charge < -0.3 is 14.4 Å². The van der Waals surface area contributed by atoms with Crippen LogP contribution in [0, 0.1) is 11.3 Å². The summed E-state index contributed by atoms with van der Waals surface area (Å²) in [6.07, 6.45) is 8.12. The molecule has 0 N–H and O–H groups in total. The Bertz CT molecular complexity index is 573.